The predicted octanol–water partition coefficient (Wildman–Crippen LogP) is 9.17. The largest absolute Gasteiger partial charge is 0.462 e. The van der Waals surface area contributed by atoms with Crippen LogP contribution in [0.5, 0.6) is 0 Å². The number of esters is 2. The van der Waals surface area contributed by atoms with Gasteiger partial charge in [-0.15, -0.1) is 0 Å². The molecule has 1 fully saturated rings. The maximum Gasteiger partial charge on any atom is 0.306 e. The number of rotatable bonds is 37. The SMILES string of the molecule is CCCCCCCCC/C=C\CCCCCCCC(=O)OC(COC(=O)CCCCCCCCCCCCCCC)COC1OC(CO)C(O)C(O)C1O. The molecule has 0 saturated carbocycles. The van der Waals surface area contributed by atoms with Gasteiger partial charge in [-0.2, -0.15) is 0 Å². The first-order chi connectivity index (χ1) is 26.3. The zero-order chi connectivity index (χ0) is 39.5. The third kappa shape index (κ3) is 27.1. The van der Waals surface area contributed by atoms with E-state index >= 15 is 0 Å². The standard InChI is InChI=1S/C44H82O10/c1-3-5-7-9-11-13-15-17-18-19-21-23-25-27-29-31-33-40(47)53-37(36-52-44-43(50)42(49)41(48)38(34-45)54-44)35-51-39(46)32-30-28-26-24-22-20-16-14-12-10-8-6-4-2/h18-19,37-38,41-45,48-50H,3-17,20-36H2,1-2H3/b19-18-. The van der Waals surface area contributed by atoms with Gasteiger partial charge in [0, 0.05) is 12.8 Å². The molecule has 0 spiro atoms. The van der Waals surface area contributed by atoms with E-state index in [9.17, 15) is 30.0 Å². The summed E-state index contributed by atoms with van der Waals surface area (Å²) >= 11 is 0. The van der Waals surface area contributed by atoms with E-state index in [-0.39, 0.29) is 32.0 Å². The number of unbranched alkanes of at least 4 members (excludes halogenated alkanes) is 24. The van der Waals surface area contributed by atoms with E-state index in [4.69, 9.17) is 18.9 Å². The average molecular weight is 771 g/mol. The van der Waals surface area contributed by atoms with Crippen molar-refractivity contribution in [3.63, 3.8) is 0 Å². The van der Waals surface area contributed by atoms with Gasteiger partial charge >= 0.3 is 11.9 Å². The number of hydrogen-bond acceptors (Lipinski definition) is 10. The zero-order valence-electron chi connectivity index (χ0n) is 34.5. The Hall–Kier alpha value is -1.56. The lowest BCUT2D eigenvalue weighted by Crippen LogP contribution is -2.59. The predicted molar refractivity (Wildman–Crippen MR) is 215 cm³/mol. The lowest BCUT2D eigenvalue weighted by atomic mass is 9.99. The lowest BCUT2D eigenvalue weighted by molar-refractivity contribution is -0.305. The number of ether oxygens (including phenoxy) is 4. The van der Waals surface area contributed by atoms with Crippen molar-refractivity contribution in [1.29, 1.82) is 0 Å². The van der Waals surface area contributed by atoms with E-state index in [1.54, 1.807) is 0 Å². The molecule has 318 valence electrons. The Kier molecular flexibility index (Phi) is 33.5. The van der Waals surface area contributed by atoms with Gasteiger partial charge in [-0.05, 0) is 38.5 Å². The van der Waals surface area contributed by atoms with Gasteiger partial charge in [0.15, 0.2) is 12.4 Å². The van der Waals surface area contributed by atoms with Crippen LogP contribution >= 0.6 is 0 Å². The summed E-state index contributed by atoms with van der Waals surface area (Å²) in [6, 6.07) is 0. The van der Waals surface area contributed by atoms with Crippen LogP contribution in [0.15, 0.2) is 12.2 Å². The fourth-order valence-corrected chi connectivity index (χ4v) is 6.83. The van der Waals surface area contributed by atoms with E-state index in [1.165, 1.54) is 116 Å². The van der Waals surface area contributed by atoms with Crippen molar-refractivity contribution < 1.29 is 49.0 Å². The zero-order valence-corrected chi connectivity index (χ0v) is 34.5. The molecule has 1 aliphatic heterocycles. The summed E-state index contributed by atoms with van der Waals surface area (Å²) in [4.78, 5) is 25.3. The fourth-order valence-electron chi connectivity index (χ4n) is 6.83. The van der Waals surface area contributed by atoms with Crippen molar-refractivity contribution >= 4 is 11.9 Å². The van der Waals surface area contributed by atoms with E-state index < -0.39 is 49.4 Å². The first-order valence-corrected chi connectivity index (χ1v) is 22.3. The third-order valence-corrected chi connectivity index (χ3v) is 10.4. The molecule has 1 saturated heterocycles. The summed E-state index contributed by atoms with van der Waals surface area (Å²) < 4.78 is 22.1. The molecule has 0 aromatic heterocycles. The molecule has 0 radical (unpaired) electrons. The Morgan fingerprint density at radius 3 is 1.44 bits per heavy atom. The van der Waals surface area contributed by atoms with E-state index in [1.807, 2.05) is 0 Å². The molecule has 1 heterocycles. The Balaban J connectivity index is 2.34. The van der Waals surface area contributed by atoms with E-state index in [0.717, 1.165) is 51.4 Å². The maximum absolute atomic E-state index is 12.7. The van der Waals surface area contributed by atoms with Crippen LogP contribution < -0.4 is 0 Å². The second-order valence-corrected chi connectivity index (χ2v) is 15.5. The Bertz CT molecular complexity index is 897. The molecule has 0 amide bonds. The number of hydrogen-bond donors (Lipinski definition) is 4. The monoisotopic (exact) mass is 771 g/mol. The maximum atomic E-state index is 12.7. The van der Waals surface area contributed by atoms with Crippen molar-refractivity contribution in [2.24, 2.45) is 0 Å². The molecule has 1 aliphatic rings. The van der Waals surface area contributed by atoms with Crippen molar-refractivity contribution in [2.75, 3.05) is 19.8 Å². The first kappa shape index (κ1) is 50.5. The number of aliphatic hydroxyl groups excluding tert-OH is 4. The highest BCUT2D eigenvalue weighted by molar-refractivity contribution is 5.70. The summed E-state index contributed by atoms with van der Waals surface area (Å²) in [6.07, 6.45) is 29.3. The number of aliphatic hydroxyl groups is 4. The minimum atomic E-state index is -1.59. The van der Waals surface area contributed by atoms with Gasteiger partial charge in [-0.3, -0.25) is 9.59 Å². The highest BCUT2D eigenvalue weighted by atomic mass is 16.7. The van der Waals surface area contributed by atoms with Crippen LogP contribution in [0.3, 0.4) is 0 Å². The van der Waals surface area contributed by atoms with Crippen LogP contribution in [0.2, 0.25) is 0 Å². The Labute approximate surface area is 329 Å². The number of allylic oxidation sites excluding steroid dienone is 2. The summed E-state index contributed by atoms with van der Waals surface area (Å²) in [5.41, 5.74) is 0. The molecule has 4 N–H and O–H groups in total. The molecule has 6 unspecified atom stereocenters. The Morgan fingerprint density at radius 1 is 0.556 bits per heavy atom. The van der Waals surface area contributed by atoms with Crippen LogP contribution in [0.4, 0.5) is 0 Å². The van der Waals surface area contributed by atoms with E-state index in [0.29, 0.717) is 6.42 Å². The molecule has 1 rings (SSSR count). The quantitative estimate of drug-likeness (QED) is 0.0273. The second-order valence-electron chi connectivity index (χ2n) is 15.5. The molecule has 6 atom stereocenters. The topological polar surface area (TPSA) is 152 Å². The minimum Gasteiger partial charge on any atom is -0.462 e. The minimum absolute atomic E-state index is 0.215. The summed E-state index contributed by atoms with van der Waals surface area (Å²) in [5, 5.41) is 40.0. The average Bonchev–Trinajstić information content (AvgIpc) is 3.17. The lowest BCUT2D eigenvalue weighted by Gasteiger charge is -2.39. The summed E-state index contributed by atoms with van der Waals surface area (Å²) in [5.74, 6) is -0.808. The molecule has 10 nitrogen and oxygen atoms in total. The number of carbonyl (C=O) groups excluding carboxylic acids is 2. The first-order valence-electron chi connectivity index (χ1n) is 22.3. The van der Waals surface area contributed by atoms with Crippen LogP contribution in [-0.2, 0) is 28.5 Å². The molecule has 0 bridgehead atoms. The van der Waals surface area contributed by atoms with Gasteiger partial charge in [0.05, 0.1) is 13.2 Å². The van der Waals surface area contributed by atoms with Gasteiger partial charge in [0.1, 0.15) is 31.0 Å². The van der Waals surface area contributed by atoms with Gasteiger partial charge in [-0.1, -0.05) is 161 Å². The van der Waals surface area contributed by atoms with Crippen molar-refractivity contribution in [3.05, 3.63) is 12.2 Å². The smallest absolute Gasteiger partial charge is 0.306 e. The third-order valence-electron chi connectivity index (χ3n) is 10.4. The molecule has 0 aromatic rings. The van der Waals surface area contributed by atoms with Gasteiger partial charge in [-0.25, -0.2) is 0 Å². The Morgan fingerprint density at radius 2 is 0.981 bits per heavy atom. The molecule has 54 heavy (non-hydrogen) atoms. The molecule has 0 aliphatic carbocycles. The van der Waals surface area contributed by atoms with Gasteiger partial charge < -0.3 is 39.4 Å². The fraction of sp³-hybridized carbons (Fsp3) is 0.909. The molecule has 10 heteroatoms. The molecular weight excluding hydrogens is 688 g/mol. The van der Waals surface area contributed by atoms with Crippen molar-refractivity contribution in [1.82, 2.24) is 0 Å². The van der Waals surface area contributed by atoms with Crippen molar-refractivity contribution in [3.8, 4) is 0 Å². The molecule has 0 aromatic carbocycles. The number of carbonyl (C=O) groups is 2. The van der Waals surface area contributed by atoms with Crippen LogP contribution in [0.1, 0.15) is 200 Å². The van der Waals surface area contributed by atoms with Gasteiger partial charge in [0.2, 0.25) is 0 Å². The molecular formula is C44H82O10. The van der Waals surface area contributed by atoms with Crippen LogP contribution in [0.25, 0.3) is 0 Å². The second kappa shape index (κ2) is 35.8. The van der Waals surface area contributed by atoms with Crippen LogP contribution in [0, 0.1) is 0 Å². The normalized spacial score (nSPS) is 20.7. The summed E-state index contributed by atoms with van der Waals surface area (Å²) in [7, 11) is 0. The summed E-state index contributed by atoms with van der Waals surface area (Å²) in [6.45, 7) is 3.42. The van der Waals surface area contributed by atoms with Gasteiger partial charge in [0.25, 0.3) is 0 Å². The highest BCUT2D eigenvalue weighted by Gasteiger charge is 2.44. The van der Waals surface area contributed by atoms with Crippen molar-refractivity contribution in [2.45, 2.75) is 237 Å². The van der Waals surface area contributed by atoms with Crippen LogP contribution in [-0.4, -0.2) is 89.0 Å². The highest BCUT2D eigenvalue weighted by Crippen LogP contribution is 2.23. The van der Waals surface area contributed by atoms with E-state index in [2.05, 4.69) is 26.0 Å².